The molecular weight excluding hydrogens is 353 g/mol. The van der Waals surface area contributed by atoms with Gasteiger partial charge >= 0.3 is 0 Å². The summed E-state index contributed by atoms with van der Waals surface area (Å²) in [4.78, 5) is 0.00265. The van der Waals surface area contributed by atoms with Gasteiger partial charge < -0.3 is 0 Å². The van der Waals surface area contributed by atoms with Crippen molar-refractivity contribution in [3.63, 3.8) is 0 Å². The summed E-state index contributed by atoms with van der Waals surface area (Å²) < 4.78 is 27.6. The highest BCUT2D eigenvalue weighted by Crippen LogP contribution is 2.30. The van der Waals surface area contributed by atoms with E-state index >= 15 is 0 Å². The van der Waals surface area contributed by atoms with Crippen LogP contribution < -0.4 is 4.72 Å². The van der Waals surface area contributed by atoms with Crippen molar-refractivity contribution in [1.82, 2.24) is 0 Å². The minimum Gasteiger partial charge on any atom is -0.279 e. The van der Waals surface area contributed by atoms with E-state index in [1.54, 1.807) is 6.07 Å². The summed E-state index contributed by atoms with van der Waals surface area (Å²) in [5.41, 5.74) is 2.53. The summed E-state index contributed by atoms with van der Waals surface area (Å²) in [6.07, 6.45) is 0. The Labute approximate surface area is 147 Å². The number of nitrogens with one attached hydrogen (secondary N) is 1. The maximum absolute atomic E-state index is 12.5. The molecule has 1 N–H and O–H groups in total. The van der Waals surface area contributed by atoms with E-state index in [2.05, 4.69) is 25.5 Å². The first-order chi connectivity index (χ1) is 10.5. The van der Waals surface area contributed by atoms with Crippen molar-refractivity contribution in [2.75, 3.05) is 4.72 Å². The Morgan fingerprint density at radius 3 is 2.17 bits per heavy atom. The first-order valence-electron chi connectivity index (χ1n) is 7.10. The predicted octanol–water partition coefficient (Wildman–Crippen LogP) is 5.40. The fraction of sp³-hybridized carbons (Fsp3) is 0.294. The lowest BCUT2D eigenvalue weighted by Gasteiger charge is -2.21. The maximum Gasteiger partial charge on any atom is 0.263 e. The Hall–Kier alpha value is -1.23. The second-order valence-corrected chi connectivity index (χ2v) is 8.95. The van der Waals surface area contributed by atoms with E-state index in [0.29, 0.717) is 10.7 Å². The lowest BCUT2D eigenvalue weighted by atomic mass is 9.86. The van der Waals surface area contributed by atoms with Crippen molar-refractivity contribution in [3.8, 4) is 0 Å². The monoisotopic (exact) mass is 371 g/mol. The molecular formula is C17H19Cl2NO2S. The molecule has 0 spiro atoms. The first kappa shape index (κ1) is 18.1. The minimum absolute atomic E-state index is 0.00164. The lowest BCUT2D eigenvalue weighted by molar-refractivity contribution is 0.590. The highest BCUT2D eigenvalue weighted by molar-refractivity contribution is 7.92. The third-order valence-corrected chi connectivity index (χ3v) is 5.60. The Morgan fingerprint density at radius 1 is 1.00 bits per heavy atom. The topological polar surface area (TPSA) is 46.2 Å². The molecule has 2 aromatic carbocycles. The second-order valence-electron chi connectivity index (χ2n) is 6.46. The van der Waals surface area contributed by atoms with Crippen LogP contribution in [-0.4, -0.2) is 8.42 Å². The van der Waals surface area contributed by atoms with Crippen LogP contribution in [0.15, 0.2) is 41.3 Å². The molecule has 0 aromatic heterocycles. The van der Waals surface area contributed by atoms with Crippen LogP contribution in [0, 0.1) is 6.92 Å². The zero-order chi connectivity index (χ0) is 17.4. The molecule has 23 heavy (non-hydrogen) atoms. The van der Waals surface area contributed by atoms with Crippen LogP contribution in [0.2, 0.25) is 10.0 Å². The number of hydrogen-bond acceptors (Lipinski definition) is 2. The quantitative estimate of drug-likeness (QED) is 0.784. The molecule has 0 saturated carbocycles. The third-order valence-electron chi connectivity index (χ3n) is 3.52. The van der Waals surface area contributed by atoms with E-state index in [0.717, 1.165) is 11.1 Å². The van der Waals surface area contributed by atoms with E-state index in [1.165, 1.54) is 18.2 Å². The molecule has 0 fully saturated rings. The maximum atomic E-state index is 12.5. The summed E-state index contributed by atoms with van der Waals surface area (Å²) in [6, 6.07) is 9.99. The van der Waals surface area contributed by atoms with E-state index in [4.69, 9.17) is 23.2 Å². The standard InChI is InChI=1S/C17H19Cl2NO2S/c1-11-9-12(17(2,3)4)5-7-15(11)20-23(21,22)16-8-6-13(18)10-14(16)19/h5-10,20H,1-4H3. The van der Waals surface area contributed by atoms with Crippen LogP contribution in [0.4, 0.5) is 5.69 Å². The third kappa shape index (κ3) is 4.19. The molecule has 2 aromatic rings. The van der Waals surface area contributed by atoms with Crippen molar-refractivity contribution in [2.24, 2.45) is 0 Å². The number of rotatable bonds is 3. The van der Waals surface area contributed by atoms with Gasteiger partial charge in [0.2, 0.25) is 0 Å². The van der Waals surface area contributed by atoms with Gasteiger partial charge in [-0.2, -0.15) is 0 Å². The summed E-state index contributed by atoms with van der Waals surface area (Å²) in [7, 11) is -3.77. The molecule has 0 aliphatic heterocycles. The number of halogens is 2. The molecule has 0 atom stereocenters. The number of benzene rings is 2. The van der Waals surface area contributed by atoms with Crippen LogP contribution in [0.5, 0.6) is 0 Å². The molecule has 3 nitrogen and oxygen atoms in total. The largest absolute Gasteiger partial charge is 0.279 e. The minimum atomic E-state index is -3.77. The van der Waals surface area contributed by atoms with E-state index in [9.17, 15) is 8.42 Å². The normalized spacial score (nSPS) is 12.3. The highest BCUT2D eigenvalue weighted by atomic mass is 35.5. The van der Waals surface area contributed by atoms with Gasteiger partial charge in [-0.15, -0.1) is 0 Å². The Kier molecular flexibility index (Phi) is 5.00. The van der Waals surface area contributed by atoms with E-state index < -0.39 is 10.0 Å². The van der Waals surface area contributed by atoms with Crippen LogP contribution in [-0.2, 0) is 15.4 Å². The fourth-order valence-electron chi connectivity index (χ4n) is 2.14. The van der Waals surface area contributed by atoms with E-state index in [1.807, 2.05) is 19.1 Å². The summed E-state index contributed by atoms with van der Waals surface area (Å²) in [6.45, 7) is 8.20. The molecule has 0 aliphatic carbocycles. The summed E-state index contributed by atoms with van der Waals surface area (Å²) >= 11 is 11.8. The van der Waals surface area contributed by atoms with Gasteiger partial charge in [-0.3, -0.25) is 4.72 Å². The number of hydrogen-bond donors (Lipinski definition) is 1. The van der Waals surface area contributed by atoms with Crippen molar-refractivity contribution >= 4 is 38.9 Å². The van der Waals surface area contributed by atoms with Crippen LogP contribution in [0.3, 0.4) is 0 Å². The highest BCUT2D eigenvalue weighted by Gasteiger charge is 2.20. The SMILES string of the molecule is Cc1cc(C(C)(C)C)ccc1NS(=O)(=O)c1ccc(Cl)cc1Cl. The van der Waals surface area contributed by atoms with Gasteiger partial charge in [0.1, 0.15) is 4.90 Å². The van der Waals surface area contributed by atoms with Crippen molar-refractivity contribution < 1.29 is 8.42 Å². The van der Waals surface area contributed by atoms with Gasteiger partial charge in [0.15, 0.2) is 0 Å². The average Bonchev–Trinajstić information content (AvgIpc) is 2.39. The van der Waals surface area contributed by atoms with Gasteiger partial charge in [-0.05, 0) is 47.7 Å². The number of anilines is 1. The van der Waals surface area contributed by atoms with Gasteiger partial charge in [0.25, 0.3) is 10.0 Å². The molecule has 6 heteroatoms. The zero-order valence-electron chi connectivity index (χ0n) is 13.4. The molecule has 2 rings (SSSR count). The molecule has 0 radical (unpaired) electrons. The predicted molar refractivity (Wildman–Crippen MR) is 97.1 cm³/mol. The Morgan fingerprint density at radius 2 is 1.65 bits per heavy atom. The van der Waals surface area contributed by atoms with Crippen molar-refractivity contribution in [2.45, 2.75) is 38.0 Å². The average molecular weight is 372 g/mol. The van der Waals surface area contributed by atoms with Gasteiger partial charge in [0, 0.05) is 5.02 Å². The number of aryl methyl sites for hydroxylation is 1. The number of sulfonamides is 1. The van der Waals surface area contributed by atoms with Gasteiger partial charge in [-0.25, -0.2) is 8.42 Å². The van der Waals surface area contributed by atoms with Crippen LogP contribution in [0.1, 0.15) is 31.9 Å². The smallest absolute Gasteiger partial charge is 0.263 e. The molecule has 0 bridgehead atoms. The summed E-state index contributed by atoms with van der Waals surface area (Å²) in [5.74, 6) is 0. The van der Waals surface area contributed by atoms with E-state index in [-0.39, 0.29) is 15.3 Å². The van der Waals surface area contributed by atoms with Gasteiger partial charge in [-0.1, -0.05) is 56.1 Å². The molecule has 0 heterocycles. The molecule has 124 valence electrons. The van der Waals surface area contributed by atoms with Crippen LogP contribution >= 0.6 is 23.2 Å². The first-order valence-corrected chi connectivity index (χ1v) is 9.33. The zero-order valence-corrected chi connectivity index (χ0v) is 15.8. The second kappa shape index (κ2) is 6.34. The van der Waals surface area contributed by atoms with Gasteiger partial charge in [0.05, 0.1) is 10.7 Å². The molecule has 0 saturated heterocycles. The van der Waals surface area contributed by atoms with Crippen LogP contribution in [0.25, 0.3) is 0 Å². The molecule has 0 amide bonds. The fourth-order valence-corrected chi connectivity index (χ4v) is 4.04. The molecule has 0 aliphatic rings. The molecule has 0 unspecified atom stereocenters. The lowest BCUT2D eigenvalue weighted by Crippen LogP contribution is -2.16. The van der Waals surface area contributed by atoms with Crippen molar-refractivity contribution in [1.29, 1.82) is 0 Å². The van der Waals surface area contributed by atoms with Crippen molar-refractivity contribution in [3.05, 3.63) is 57.6 Å². The summed E-state index contributed by atoms with van der Waals surface area (Å²) in [5, 5.41) is 0.480. The Balaban J connectivity index is 2.38. The Bertz CT molecular complexity index is 840.